The van der Waals surface area contributed by atoms with Crippen molar-refractivity contribution in [2.75, 3.05) is 6.54 Å². The summed E-state index contributed by atoms with van der Waals surface area (Å²) < 4.78 is 42.9. The molecule has 1 aliphatic heterocycles. The van der Waals surface area contributed by atoms with Gasteiger partial charge in [-0.3, -0.25) is 14.6 Å². The van der Waals surface area contributed by atoms with Gasteiger partial charge in [0.05, 0.1) is 11.4 Å². The molecule has 12 nitrogen and oxygen atoms in total. The average Bonchev–Trinajstić information content (AvgIpc) is 3.04. The van der Waals surface area contributed by atoms with Crippen LogP contribution < -0.4 is 26.1 Å². The lowest BCUT2D eigenvalue weighted by molar-refractivity contribution is -0.157. The fourth-order valence-electron chi connectivity index (χ4n) is 6.36. The summed E-state index contributed by atoms with van der Waals surface area (Å²) in [5.41, 5.74) is 9.17. The second-order valence-corrected chi connectivity index (χ2v) is 17.3. The molecule has 0 aliphatic carbocycles. The largest absolute Gasteiger partial charge is 0.487 e. The molecule has 0 bridgehead atoms. The standard InChI is InChI=1S/C40H55N5O7S/c1-24(2)29-17-15-28(16-18-29)23-45-22-12-13-31(36(45)47)35(46)43-32(37(48)52-39(6,7)8)14-11-21-42-38(41)44-53(49,50)34-26(4)25(3)33-30(27(34)5)19-20-40(9,10)51-33/h12-13,15-18,22,24,32H,11,14,19-21,23H2,1-10H3,(H,43,46)(H3,41,42,44)/t32-/m0/s1. The van der Waals surface area contributed by atoms with Gasteiger partial charge >= 0.3 is 5.97 Å². The van der Waals surface area contributed by atoms with Gasteiger partial charge < -0.3 is 25.1 Å². The number of carbonyl (C=O) groups excluding carboxylic acids is 2. The Morgan fingerprint density at radius 3 is 2.34 bits per heavy atom. The summed E-state index contributed by atoms with van der Waals surface area (Å²) in [6.45, 7) is 19.1. The minimum atomic E-state index is -4.10. The number of nitrogens with zero attached hydrogens (tertiary/aromatic N) is 2. The summed E-state index contributed by atoms with van der Waals surface area (Å²) in [7, 11) is -4.10. The number of rotatable bonds is 12. The van der Waals surface area contributed by atoms with Crippen molar-refractivity contribution in [2.24, 2.45) is 10.7 Å². The molecule has 0 radical (unpaired) electrons. The molecule has 1 amide bonds. The quantitative estimate of drug-likeness (QED) is 0.0935. The number of guanidine groups is 1. The van der Waals surface area contributed by atoms with Crippen LogP contribution in [0.3, 0.4) is 0 Å². The van der Waals surface area contributed by atoms with Crippen molar-refractivity contribution in [3.8, 4) is 5.75 Å². The Labute approximate surface area is 313 Å². The zero-order chi connectivity index (χ0) is 39.5. The first-order valence-electron chi connectivity index (χ1n) is 18.1. The van der Waals surface area contributed by atoms with Crippen LogP contribution >= 0.6 is 0 Å². The first-order valence-corrected chi connectivity index (χ1v) is 19.5. The highest BCUT2D eigenvalue weighted by atomic mass is 32.2. The van der Waals surface area contributed by atoms with Crippen molar-refractivity contribution >= 4 is 27.9 Å². The number of aliphatic imine (C=N–C) groups is 1. The second kappa shape index (κ2) is 16.2. The molecule has 0 fully saturated rings. The maximum atomic E-state index is 13.6. The lowest BCUT2D eigenvalue weighted by Crippen LogP contribution is -2.46. The minimum Gasteiger partial charge on any atom is -0.487 e. The Morgan fingerprint density at radius 2 is 1.72 bits per heavy atom. The van der Waals surface area contributed by atoms with Gasteiger partial charge in [0, 0.05) is 12.7 Å². The Hall–Kier alpha value is -4.65. The molecule has 4 N–H and O–H groups in total. The highest BCUT2D eigenvalue weighted by molar-refractivity contribution is 7.90. The van der Waals surface area contributed by atoms with Crippen LogP contribution in [0.15, 0.2) is 57.3 Å². The van der Waals surface area contributed by atoms with Gasteiger partial charge in [-0.1, -0.05) is 38.1 Å². The van der Waals surface area contributed by atoms with E-state index in [0.29, 0.717) is 23.5 Å². The van der Waals surface area contributed by atoms with Gasteiger partial charge in [0.1, 0.15) is 28.6 Å². The Bertz CT molecular complexity index is 2040. The van der Waals surface area contributed by atoms with E-state index in [4.69, 9.17) is 15.2 Å². The van der Waals surface area contributed by atoms with Crippen molar-refractivity contribution in [3.63, 3.8) is 0 Å². The first-order chi connectivity index (χ1) is 24.6. The number of hydrogen-bond acceptors (Lipinski definition) is 8. The molecule has 1 atom stereocenters. The summed E-state index contributed by atoms with van der Waals surface area (Å²) in [5.74, 6) is -0.592. The molecule has 4 rings (SSSR count). The molecule has 0 saturated heterocycles. The fourth-order valence-corrected chi connectivity index (χ4v) is 7.89. The van der Waals surface area contributed by atoms with Gasteiger partial charge in [-0.05, 0) is 133 Å². The minimum absolute atomic E-state index is 0.0430. The molecule has 0 spiro atoms. The molecule has 1 aliphatic rings. The number of fused-ring (bicyclic) bond motifs is 1. The number of nitrogens with one attached hydrogen (secondary N) is 2. The number of nitrogens with two attached hydrogens (primary N) is 1. The lowest BCUT2D eigenvalue weighted by atomic mass is 9.88. The third-order valence-corrected chi connectivity index (χ3v) is 11.0. The molecule has 53 heavy (non-hydrogen) atoms. The summed E-state index contributed by atoms with van der Waals surface area (Å²) in [5, 5.41) is 2.67. The summed E-state index contributed by atoms with van der Waals surface area (Å²) in [6, 6.07) is 9.88. The van der Waals surface area contributed by atoms with Crippen LogP contribution in [0.2, 0.25) is 0 Å². The molecule has 13 heteroatoms. The molecule has 0 saturated carbocycles. The fraction of sp³-hybridized carbons (Fsp3) is 0.500. The molecule has 0 unspecified atom stereocenters. The van der Waals surface area contributed by atoms with Crippen LogP contribution in [0.4, 0.5) is 0 Å². The summed E-state index contributed by atoms with van der Waals surface area (Å²) in [6.07, 6.45) is 3.38. The van der Waals surface area contributed by atoms with Crippen LogP contribution in [0.5, 0.6) is 5.75 Å². The maximum absolute atomic E-state index is 13.6. The predicted molar refractivity (Wildman–Crippen MR) is 207 cm³/mol. The van der Waals surface area contributed by atoms with E-state index in [2.05, 4.69) is 28.9 Å². The normalized spacial score (nSPS) is 15.0. The van der Waals surface area contributed by atoms with Crippen molar-refractivity contribution in [2.45, 2.75) is 130 Å². The molecule has 288 valence electrons. The smallest absolute Gasteiger partial charge is 0.329 e. The number of aromatic nitrogens is 1. The lowest BCUT2D eigenvalue weighted by Gasteiger charge is -2.35. The number of ether oxygens (including phenoxy) is 2. The summed E-state index contributed by atoms with van der Waals surface area (Å²) >= 11 is 0. The second-order valence-electron chi connectivity index (χ2n) is 15.7. The van der Waals surface area contributed by atoms with Gasteiger partial charge in [0.25, 0.3) is 21.5 Å². The van der Waals surface area contributed by atoms with Crippen LogP contribution in [-0.4, -0.2) is 54.6 Å². The van der Waals surface area contributed by atoms with Crippen molar-refractivity contribution in [3.05, 3.63) is 91.9 Å². The maximum Gasteiger partial charge on any atom is 0.329 e. The van der Waals surface area contributed by atoms with Gasteiger partial charge in [-0.25, -0.2) is 17.9 Å². The number of benzene rings is 2. The van der Waals surface area contributed by atoms with Gasteiger partial charge in [-0.15, -0.1) is 0 Å². The molecular formula is C40H55N5O7S. The van der Waals surface area contributed by atoms with Crippen molar-refractivity contribution in [1.82, 2.24) is 14.6 Å². The molecule has 2 heterocycles. The van der Waals surface area contributed by atoms with E-state index in [0.717, 1.165) is 28.9 Å². The Balaban J connectivity index is 1.46. The van der Waals surface area contributed by atoms with E-state index in [-0.39, 0.29) is 48.0 Å². The monoisotopic (exact) mass is 749 g/mol. The molecule has 3 aromatic rings. The number of carbonyl (C=O) groups is 2. The average molecular weight is 750 g/mol. The third-order valence-electron chi connectivity index (χ3n) is 9.37. The van der Waals surface area contributed by atoms with Gasteiger partial charge in [0.2, 0.25) is 5.96 Å². The molecular weight excluding hydrogens is 695 g/mol. The van der Waals surface area contributed by atoms with Crippen LogP contribution in [0.1, 0.15) is 117 Å². The van der Waals surface area contributed by atoms with E-state index in [1.54, 1.807) is 46.9 Å². The zero-order valence-corrected chi connectivity index (χ0v) is 33.5. The number of esters is 1. The van der Waals surface area contributed by atoms with E-state index >= 15 is 0 Å². The highest BCUT2D eigenvalue weighted by Crippen LogP contribution is 2.42. The highest BCUT2D eigenvalue weighted by Gasteiger charge is 2.34. The number of pyridine rings is 1. The van der Waals surface area contributed by atoms with E-state index in [1.165, 1.54) is 16.2 Å². The Morgan fingerprint density at radius 1 is 1.06 bits per heavy atom. The zero-order valence-electron chi connectivity index (χ0n) is 32.7. The Kier molecular flexibility index (Phi) is 12.5. The number of sulfonamides is 1. The van der Waals surface area contributed by atoms with E-state index < -0.39 is 39.1 Å². The summed E-state index contributed by atoms with van der Waals surface area (Å²) in [4.78, 5) is 44.4. The van der Waals surface area contributed by atoms with Gasteiger partial charge in [-0.2, -0.15) is 0 Å². The topological polar surface area (TPSA) is 171 Å². The SMILES string of the molecule is Cc1c(C)c(S(=O)(=O)NC(N)=NCCC[C@H](NC(=O)c2cccn(Cc3ccc(C(C)C)cc3)c2=O)C(=O)OC(C)(C)C)c(C)c2c1OC(C)(C)CC2. The predicted octanol–water partition coefficient (Wildman–Crippen LogP) is 5.56. The van der Waals surface area contributed by atoms with Crippen LogP contribution in [0.25, 0.3) is 0 Å². The van der Waals surface area contributed by atoms with E-state index in [1.807, 2.05) is 45.0 Å². The van der Waals surface area contributed by atoms with Crippen LogP contribution in [0, 0.1) is 20.8 Å². The van der Waals surface area contributed by atoms with Crippen molar-refractivity contribution < 1.29 is 27.5 Å². The molecule has 2 aromatic carbocycles. The first kappa shape index (κ1) is 41.1. The number of hydrogen-bond donors (Lipinski definition) is 3. The molecule has 1 aromatic heterocycles. The van der Waals surface area contributed by atoms with Crippen LogP contribution in [-0.2, 0) is 32.5 Å². The third kappa shape index (κ3) is 10.3. The van der Waals surface area contributed by atoms with E-state index in [9.17, 15) is 22.8 Å². The number of amides is 1. The van der Waals surface area contributed by atoms with Gasteiger partial charge in [0.15, 0.2) is 0 Å². The van der Waals surface area contributed by atoms with Crippen molar-refractivity contribution in [1.29, 1.82) is 0 Å².